The monoisotopic (exact) mass is 243 g/mol. The first-order valence-electron chi connectivity index (χ1n) is 5.07. The molecule has 0 amide bonds. The molecule has 1 N–H and O–H groups in total. The molecule has 1 aromatic carbocycles. The van der Waals surface area contributed by atoms with Crippen LogP contribution in [0.4, 0.5) is 4.39 Å². The minimum Gasteiger partial charge on any atom is -0.424 e. The predicted octanol–water partition coefficient (Wildman–Crippen LogP) is 2.14. The van der Waals surface area contributed by atoms with Gasteiger partial charge in [0.05, 0.1) is 5.02 Å². The SMILES string of the molecule is O=C(Oc1ccc(F)cc1Cl)C1CCCN1. The number of rotatable bonds is 2. The molecule has 0 aliphatic carbocycles. The molecule has 1 heterocycles. The van der Waals surface area contributed by atoms with E-state index in [-0.39, 0.29) is 22.8 Å². The number of benzene rings is 1. The molecule has 1 unspecified atom stereocenters. The number of hydrogen-bond acceptors (Lipinski definition) is 3. The van der Waals surface area contributed by atoms with E-state index >= 15 is 0 Å². The molecular weight excluding hydrogens is 233 g/mol. The number of carbonyl (C=O) groups excluding carboxylic acids is 1. The number of esters is 1. The molecule has 86 valence electrons. The van der Waals surface area contributed by atoms with Crippen LogP contribution in [-0.4, -0.2) is 18.6 Å². The summed E-state index contributed by atoms with van der Waals surface area (Å²) in [5.41, 5.74) is 0. The van der Waals surface area contributed by atoms with Crippen molar-refractivity contribution in [1.82, 2.24) is 5.32 Å². The molecule has 2 rings (SSSR count). The standard InChI is InChI=1S/C11H11ClFNO2/c12-8-6-7(13)3-4-10(8)16-11(15)9-2-1-5-14-9/h3-4,6,9,14H,1-2,5H2. The Kier molecular flexibility index (Phi) is 3.41. The Bertz CT molecular complexity index is 405. The molecule has 5 heteroatoms. The summed E-state index contributed by atoms with van der Waals surface area (Å²) in [5.74, 6) is -0.628. The van der Waals surface area contributed by atoms with Crippen LogP contribution < -0.4 is 10.1 Å². The molecule has 1 saturated heterocycles. The molecule has 0 saturated carbocycles. The molecule has 0 spiro atoms. The fourth-order valence-corrected chi connectivity index (χ4v) is 1.83. The molecule has 0 radical (unpaired) electrons. The van der Waals surface area contributed by atoms with E-state index in [4.69, 9.17) is 16.3 Å². The van der Waals surface area contributed by atoms with Crippen LogP contribution in [0, 0.1) is 5.82 Å². The second-order valence-electron chi connectivity index (χ2n) is 3.64. The van der Waals surface area contributed by atoms with Gasteiger partial charge in [-0.15, -0.1) is 0 Å². The fourth-order valence-electron chi connectivity index (χ4n) is 1.62. The normalized spacial score (nSPS) is 19.8. The van der Waals surface area contributed by atoms with E-state index in [0.717, 1.165) is 25.5 Å². The van der Waals surface area contributed by atoms with Gasteiger partial charge in [-0.3, -0.25) is 0 Å². The van der Waals surface area contributed by atoms with Crippen LogP contribution >= 0.6 is 11.6 Å². The Morgan fingerprint density at radius 1 is 1.56 bits per heavy atom. The molecule has 1 aliphatic rings. The van der Waals surface area contributed by atoms with Crippen LogP contribution in [0.5, 0.6) is 5.75 Å². The zero-order chi connectivity index (χ0) is 11.5. The Morgan fingerprint density at radius 3 is 3.00 bits per heavy atom. The van der Waals surface area contributed by atoms with Crippen LogP contribution in [0.3, 0.4) is 0 Å². The molecule has 16 heavy (non-hydrogen) atoms. The summed E-state index contributed by atoms with van der Waals surface area (Å²) in [4.78, 5) is 11.6. The zero-order valence-electron chi connectivity index (χ0n) is 8.50. The molecule has 1 atom stereocenters. The lowest BCUT2D eigenvalue weighted by molar-refractivity contribution is -0.136. The third kappa shape index (κ3) is 2.51. The molecule has 1 aromatic rings. The summed E-state index contributed by atoms with van der Waals surface area (Å²) in [5, 5.41) is 3.12. The summed E-state index contributed by atoms with van der Waals surface area (Å²) in [6.07, 6.45) is 1.72. The average Bonchev–Trinajstić information content (AvgIpc) is 2.75. The molecular formula is C11H11ClFNO2. The number of ether oxygens (including phenoxy) is 1. The Hall–Kier alpha value is -1.13. The number of carbonyl (C=O) groups is 1. The van der Waals surface area contributed by atoms with Gasteiger partial charge in [-0.2, -0.15) is 0 Å². The Labute approximate surface area is 97.5 Å². The van der Waals surface area contributed by atoms with E-state index in [0.29, 0.717) is 0 Å². The number of halogens is 2. The van der Waals surface area contributed by atoms with Crippen molar-refractivity contribution >= 4 is 17.6 Å². The van der Waals surface area contributed by atoms with E-state index in [1.807, 2.05) is 0 Å². The van der Waals surface area contributed by atoms with Crippen molar-refractivity contribution in [1.29, 1.82) is 0 Å². The number of nitrogens with one attached hydrogen (secondary N) is 1. The van der Waals surface area contributed by atoms with Crippen LogP contribution in [0.25, 0.3) is 0 Å². The maximum atomic E-state index is 12.7. The summed E-state index contributed by atoms with van der Waals surface area (Å²) in [6, 6.07) is 3.40. The zero-order valence-corrected chi connectivity index (χ0v) is 9.26. The second-order valence-corrected chi connectivity index (χ2v) is 4.05. The summed E-state index contributed by atoms with van der Waals surface area (Å²) < 4.78 is 17.8. The highest BCUT2D eigenvalue weighted by Gasteiger charge is 2.24. The molecule has 1 fully saturated rings. The van der Waals surface area contributed by atoms with E-state index in [9.17, 15) is 9.18 Å². The lowest BCUT2D eigenvalue weighted by Crippen LogP contribution is -2.34. The van der Waals surface area contributed by atoms with E-state index in [1.165, 1.54) is 12.1 Å². The third-order valence-electron chi connectivity index (χ3n) is 2.45. The Morgan fingerprint density at radius 2 is 2.38 bits per heavy atom. The largest absolute Gasteiger partial charge is 0.424 e. The molecule has 0 bridgehead atoms. The summed E-state index contributed by atoms with van der Waals surface area (Å²) in [6.45, 7) is 0.816. The topological polar surface area (TPSA) is 38.3 Å². The van der Waals surface area contributed by atoms with Gasteiger partial charge >= 0.3 is 5.97 Å². The first-order chi connectivity index (χ1) is 7.66. The molecule has 0 aromatic heterocycles. The van der Waals surface area contributed by atoms with Gasteiger partial charge < -0.3 is 10.1 Å². The van der Waals surface area contributed by atoms with E-state index in [2.05, 4.69) is 5.32 Å². The second kappa shape index (κ2) is 4.80. The van der Waals surface area contributed by atoms with Crippen LogP contribution in [0.1, 0.15) is 12.8 Å². The van der Waals surface area contributed by atoms with Crippen LogP contribution in [0.15, 0.2) is 18.2 Å². The maximum Gasteiger partial charge on any atom is 0.328 e. The first-order valence-corrected chi connectivity index (χ1v) is 5.45. The smallest absolute Gasteiger partial charge is 0.328 e. The lowest BCUT2D eigenvalue weighted by Gasteiger charge is -2.10. The highest BCUT2D eigenvalue weighted by atomic mass is 35.5. The van der Waals surface area contributed by atoms with Crippen molar-refractivity contribution in [2.45, 2.75) is 18.9 Å². The van der Waals surface area contributed by atoms with Crippen molar-refractivity contribution in [3.8, 4) is 5.75 Å². The van der Waals surface area contributed by atoms with Crippen LogP contribution in [-0.2, 0) is 4.79 Å². The average molecular weight is 244 g/mol. The van der Waals surface area contributed by atoms with Gasteiger partial charge in [0.1, 0.15) is 17.6 Å². The quantitative estimate of drug-likeness (QED) is 0.639. The van der Waals surface area contributed by atoms with Crippen molar-refractivity contribution in [3.63, 3.8) is 0 Å². The van der Waals surface area contributed by atoms with E-state index in [1.54, 1.807) is 0 Å². The van der Waals surface area contributed by atoms with Crippen molar-refractivity contribution < 1.29 is 13.9 Å². The van der Waals surface area contributed by atoms with Gasteiger partial charge in [-0.05, 0) is 37.6 Å². The maximum absolute atomic E-state index is 12.7. The predicted molar refractivity (Wildman–Crippen MR) is 58.1 cm³/mol. The highest BCUT2D eigenvalue weighted by molar-refractivity contribution is 6.32. The van der Waals surface area contributed by atoms with Gasteiger partial charge in [0.15, 0.2) is 0 Å². The van der Waals surface area contributed by atoms with Crippen LogP contribution in [0.2, 0.25) is 5.02 Å². The third-order valence-corrected chi connectivity index (χ3v) is 2.74. The van der Waals surface area contributed by atoms with Gasteiger partial charge in [-0.1, -0.05) is 11.6 Å². The minimum absolute atomic E-state index is 0.103. The highest BCUT2D eigenvalue weighted by Crippen LogP contribution is 2.25. The van der Waals surface area contributed by atoms with E-state index < -0.39 is 5.82 Å². The van der Waals surface area contributed by atoms with Crippen molar-refractivity contribution in [3.05, 3.63) is 29.0 Å². The molecule has 1 aliphatic heterocycles. The van der Waals surface area contributed by atoms with Gasteiger partial charge in [0, 0.05) is 0 Å². The fraction of sp³-hybridized carbons (Fsp3) is 0.364. The summed E-state index contributed by atoms with van der Waals surface area (Å²) in [7, 11) is 0. The van der Waals surface area contributed by atoms with Gasteiger partial charge in [0.25, 0.3) is 0 Å². The minimum atomic E-state index is -0.455. The van der Waals surface area contributed by atoms with Crippen molar-refractivity contribution in [2.24, 2.45) is 0 Å². The summed E-state index contributed by atoms with van der Waals surface area (Å²) >= 11 is 5.74. The first kappa shape index (κ1) is 11.4. The van der Waals surface area contributed by atoms with Gasteiger partial charge in [0.2, 0.25) is 0 Å². The van der Waals surface area contributed by atoms with Gasteiger partial charge in [-0.25, -0.2) is 9.18 Å². The Balaban J connectivity index is 2.05. The molecule has 3 nitrogen and oxygen atoms in total. The lowest BCUT2D eigenvalue weighted by atomic mass is 10.2. The number of hydrogen-bond donors (Lipinski definition) is 1. The van der Waals surface area contributed by atoms with Crippen molar-refractivity contribution in [2.75, 3.05) is 6.54 Å².